The number of fused-ring (bicyclic) bond motifs is 2. The van der Waals surface area contributed by atoms with E-state index in [2.05, 4.69) is 9.97 Å². The summed E-state index contributed by atoms with van der Waals surface area (Å²) in [5, 5.41) is 1.29. The lowest BCUT2D eigenvalue weighted by Gasteiger charge is -2.20. The van der Waals surface area contributed by atoms with Crippen molar-refractivity contribution in [3.8, 4) is 0 Å². The number of hydrogen-bond acceptors (Lipinski definition) is 5. The van der Waals surface area contributed by atoms with E-state index < -0.39 is 0 Å². The van der Waals surface area contributed by atoms with Crippen LogP contribution in [0.3, 0.4) is 0 Å². The van der Waals surface area contributed by atoms with Gasteiger partial charge in [0.15, 0.2) is 5.13 Å². The molecule has 1 N–H and O–H groups in total. The lowest BCUT2D eigenvalue weighted by Crippen LogP contribution is -2.34. The summed E-state index contributed by atoms with van der Waals surface area (Å²) in [6.45, 7) is 0.707. The van der Waals surface area contributed by atoms with Gasteiger partial charge in [-0.05, 0) is 18.2 Å². The Balaban J connectivity index is 1.83. The SMILES string of the molecule is COCCN(C(=O)c1cc(=O)[nH]c2ccccc12)c1nc2ccccc2s1. The lowest BCUT2D eigenvalue weighted by molar-refractivity contribution is 0.0977. The maximum Gasteiger partial charge on any atom is 0.261 e. The van der Waals surface area contributed by atoms with Crippen molar-refractivity contribution in [1.29, 1.82) is 0 Å². The molecule has 2 heterocycles. The molecule has 0 fully saturated rings. The van der Waals surface area contributed by atoms with E-state index in [9.17, 15) is 9.59 Å². The Labute approximate surface area is 159 Å². The van der Waals surface area contributed by atoms with E-state index in [0.717, 1.165) is 10.2 Å². The second kappa shape index (κ2) is 7.30. The monoisotopic (exact) mass is 379 g/mol. The molecule has 0 spiro atoms. The number of pyridine rings is 1. The van der Waals surface area contributed by atoms with Gasteiger partial charge in [0.05, 0.1) is 28.9 Å². The minimum absolute atomic E-state index is 0.270. The first-order chi connectivity index (χ1) is 13.2. The molecule has 2 aromatic carbocycles. The number of thiazole rings is 1. The summed E-state index contributed by atoms with van der Waals surface area (Å²) in [4.78, 5) is 34.4. The molecule has 0 atom stereocenters. The first-order valence-corrected chi connectivity index (χ1v) is 9.27. The number of rotatable bonds is 5. The third-order valence-electron chi connectivity index (χ3n) is 4.26. The summed E-state index contributed by atoms with van der Waals surface area (Å²) in [6.07, 6.45) is 0. The molecule has 1 amide bonds. The molecular formula is C20H17N3O3S. The number of aromatic amines is 1. The third kappa shape index (κ3) is 3.34. The molecule has 0 saturated carbocycles. The molecule has 0 radical (unpaired) electrons. The van der Waals surface area contributed by atoms with E-state index in [4.69, 9.17) is 4.74 Å². The zero-order chi connectivity index (χ0) is 18.8. The number of para-hydroxylation sites is 2. The van der Waals surface area contributed by atoms with E-state index in [1.807, 2.05) is 42.5 Å². The van der Waals surface area contributed by atoms with Crippen molar-refractivity contribution in [3.05, 3.63) is 70.5 Å². The van der Waals surface area contributed by atoms with Gasteiger partial charge in [0, 0.05) is 24.1 Å². The van der Waals surface area contributed by atoms with Gasteiger partial charge in [0.2, 0.25) is 5.56 Å². The molecule has 6 nitrogen and oxygen atoms in total. The molecule has 2 aromatic heterocycles. The summed E-state index contributed by atoms with van der Waals surface area (Å²) in [5.74, 6) is -0.270. The minimum Gasteiger partial charge on any atom is -0.383 e. The van der Waals surface area contributed by atoms with Crippen LogP contribution in [0.15, 0.2) is 59.4 Å². The number of anilines is 1. The van der Waals surface area contributed by atoms with Gasteiger partial charge in [-0.2, -0.15) is 0 Å². The van der Waals surface area contributed by atoms with Gasteiger partial charge in [-0.3, -0.25) is 14.5 Å². The second-order valence-electron chi connectivity index (χ2n) is 6.01. The van der Waals surface area contributed by atoms with Gasteiger partial charge in [-0.1, -0.05) is 41.7 Å². The molecule has 27 heavy (non-hydrogen) atoms. The van der Waals surface area contributed by atoms with E-state index in [0.29, 0.717) is 34.7 Å². The minimum atomic E-state index is -0.312. The molecule has 0 aliphatic carbocycles. The fraction of sp³-hybridized carbons (Fsp3) is 0.150. The van der Waals surface area contributed by atoms with Crippen molar-refractivity contribution < 1.29 is 9.53 Å². The van der Waals surface area contributed by atoms with Gasteiger partial charge in [0.25, 0.3) is 5.91 Å². The lowest BCUT2D eigenvalue weighted by atomic mass is 10.1. The molecule has 4 rings (SSSR count). The van der Waals surface area contributed by atoms with E-state index in [1.165, 1.54) is 17.4 Å². The van der Waals surface area contributed by atoms with Gasteiger partial charge in [0.1, 0.15) is 0 Å². The normalized spacial score (nSPS) is 11.1. The van der Waals surface area contributed by atoms with Gasteiger partial charge in [-0.15, -0.1) is 0 Å². The zero-order valence-electron chi connectivity index (χ0n) is 14.6. The largest absolute Gasteiger partial charge is 0.383 e. The van der Waals surface area contributed by atoms with Crippen molar-refractivity contribution in [2.24, 2.45) is 0 Å². The van der Waals surface area contributed by atoms with Crippen LogP contribution in [0, 0.1) is 0 Å². The van der Waals surface area contributed by atoms with E-state index in [-0.39, 0.29) is 11.5 Å². The number of carbonyl (C=O) groups is 1. The average Bonchev–Trinajstić information content (AvgIpc) is 3.11. The maximum absolute atomic E-state index is 13.4. The van der Waals surface area contributed by atoms with Crippen LogP contribution in [0.4, 0.5) is 5.13 Å². The van der Waals surface area contributed by atoms with Crippen LogP contribution >= 0.6 is 11.3 Å². The van der Waals surface area contributed by atoms with Crippen LogP contribution in [0.25, 0.3) is 21.1 Å². The van der Waals surface area contributed by atoms with Crippen LogP contribution in [0.5, 0.6) is 0 Å². The maximum atomic E-state index is 13.4. The number of benzene rings is 2. The van der Waals surface area contributed by atoms with Crippen molar-refractivity contribution in [3.63, 3.8) is 0 Å². The number of aromatic nitrogens is 2. The third-order valence-corrected chi connectivity index (χ3v) is 5.32. The Morgan fingerprint density at radius 1 is 1.19 bits per heavy atom. The van der Waals surface area contributed by atoms with Gasteiger partial charge >= 0.3 is 0 Å². The number of nitrogens with one attached hydrogen (secondary N) is 1. The Kier molecular flexibility index (Phi) is 4.70. The number of amides is 1. The molecule has 0 aliphatic heterocycles. The Bertz CT molecular complexity index is 1150. The van der Waals surface area contributed by atoms with E-state index >= 15 is 0 Å². The highest BCUT2D eigenvalue weighted by Gasteiger charge is 2.23. The quantitative estimate of drug-likeness (QED) is 0.576. The predicted octanol–water partition coefficient (Wildman–Crippen LogP) is 3.43. The first-order valence-electron chi connectivity index (χ1n) is 8.46. The molecule has 0 saturated heterocycles. The summed E-state index contributed by atoms with van der Waals surface area (Å²) in [5.41, 5.74) is 1.51. The molecular weight excluding hydrogens is 362 g/mol. The predicted molar refractivity (Wildman–Crippen MR) is 108 cm³/mol. The van der Waals surface area contributed by atoms with Crippen molar-refractivity contribution in [2.75, 3.05) is 25.2 Å². The van der Waals surface area contributed by atoms with Crippen molar-refractivity contribution in [1.82, 2.24) is 9.97 Å². The number of ether oxygens (including phenoxy) is 1. The summed E-state index contributed by atoms with van der Waals surface area (Å²) in [7, 11) is 1.59. The molecule has 7 heteroatoms. The highest BCUT2D eigenvalue weighted by molar-refractivity contribution is 7.22. The Morgan fingerprint density at radius 3 is 2.78 bits per heavy atom. The van der Waals surface area contributed by atoms with Crippen LogP contribution in [-0.4, -0.2) is 36.1 Å². The number of hydrogen-bond donors (Lipinski definition) is 1. The first kappa shape index (κ1) is 17.4. The number of nitrogens with zero attached hydrogens (tertiary/aromatic N) is 2. The van der Waals surface area contributed by atoms with Gasteiger partial charge < -0.3 is 9.72 Å². The highest BCUT2D eigenvalue weighted by Crippen LogP contribution is 2.30. The fourth-order valence-corrected chi connectivity index (χ4v) is 3.96. The van der Waals surface area contributed by atoms with E-state index in [1.54, 1.807) is 18.1 Å². The number of methoxy groups -OCH3 is 1. The molecule has 4 aromatic rings. The summed E-state index contributed by atoms with van der Waals surface area (Å²) < 4.78 is 6.18. The topological polar surface area (TPSA) is 75.3 Å². The smallest absolute Gasteiger partial charge is 0.261 e. The highest BCUT2D eigenvalue weighted by atomic mass is 32.1. The standard InChI is InChI=1S/C20H17N3O3S/c1-26-11-10-23(20-22-16-8-4-5-9-17(16)27-20)19(25)14-12-18(24)21-15-7-3-2-6-13(14)15/h2-9,12H,10-11H2,1H3,(H,21,24). The van der Waals surface area contributed by atoms with Crippen LogP contribution < -0.4 is 10.5 Å². The number of carbonyl (C=O) groups excluding carboxylic acids is 1. The van der Waals surface area contributed by atoms with Crippen molar-refractivity contribution >= 4 is 43.5 Å². The molecule has 136 valence electrons. The average molecular weight is 379 g/mol. The summed E-state index contributed by atoms with van der Waals surface area (Å²) >= 11 is 1.44. The molecule has 0 unspecified atom stereocenters. The Hall–Kier alpha value is -3.03. The van der Waals surface area contributed by atoms with Crippen LogP contribution in [-0.2, 0) is 4.74 Å². The van der Waals surface area contributed by atoms with Gasteiger partial charge in [-0.25, -0.2) is 4.98 Å². The van der Waals surface area contributed by atoms with Crippen LogP contribution in [0.2, 0.25) is 0 Å². The number of H-pyrrole nitrogens is 1. The Morgan fingerprint density at radius 2 is 1.96 bits per heavy atom. The molecule has 0 bridgehead atoms. The molecule has 0 aliphatic rings. The second-order valence-corrected chi connectivity index (χ2v) is 7.02. The van der Waals surface area contributed by atoms with Crippen molar-refractivity contribution in [2.45, 2.75) is 0 Å². The fourth-order valence-electron chi connectivity index (χ4n) is 2.97. The zero-order valence-corrected chi connectivity index (χ0v) is 15.5. The summed E-state index contributed by atoms with van der Waals surface area (Å²) in [6, 6.07) is 16.4. The van der Waals surface area contributed by atoms with Crippen LogP contribution in [0.1, 0.15) is 10.4 Å².